The van der Waals surface area contributed by atoms with E-state index in [-0.39, 0.29) is 17.0 Å². The monoisotopic (exact) mass is 316 g/mol. The molecule has 2 aromatic heterocycles. The first-order valence-corrected chi connectivity index (χ1v) is 6.35. The zero-order valence-corrected chi connectivity index (χ0v) is 11.5. The van der Waals surface area contributed by atoms with Crippen LogP contribution in [-0.4, -0.2) is 20.6 Å². The lowest BCUT2D eigenvalue weighted by molar-refractivity contribution is -0.401. The summed E-state index contributed by atoms with van der Waals surface area (Å²) in [5.41, 5.74) is 5.88. The van der Waals surface area contributed by atoms with Gasteiger partial charge in [-0.1, -0.05) is 0 Å². The van der Waals surface area contributed by atoms with E-state index in [0.29, 0.717) is 5.69 Å². The number of furan rings is 1. The summed E-state index contributed by atoms with van der Waals surface area (Å²) in [6.07, 6.45) is 1.35. The van der Waals surface area contributed by atoms with Gasteiger partial charge in [-0.2, -0.15) is 5.10 Å². The second kappa shape index (κ2) is 5.37. The van der Waals surface area contributed by atoms with E-state index in [1.807, 2.05) is 0 Å². The highest BCUT2D eigenvalue weighted by atomic mass is 19.1. The van der Waals surface area contributed by atoms with Crippen molar-refractivity contribution in [3.05, 3.63) is 64.1 Å². The second-order valence-electron chi connectivity index (χ2n) is 4.57. The molecule has 0 aliphatic rings. The maximum Gasteiger partial charge on any atom is 0.433 e. The Balaban J connectivity index is 2.10. The molecule has 0 unspecified atom stereocenters. The zero-order valence-electron chi connectivity index (χ0n) is 11.5. The van der Waals surface area contributed by atoms with Gasteiger partial charge in [-0.25, -0.2) is 9.07 Å². The summed E-state index contributed by atoms with van der Waals surface area (Å²) >= 11 is 0. The van der Waals surface area contributed by atoms with E-state index < -0.39 is 22.5 Å². The number of aromatic nitrogens is 2. The van der Waals surface area contributed by atoms with Crippen molar-refractivity contribution in [2.45, 2.75) is 0 Å². The van der Waals surface area contributed by atoms with Crippen molar-refractivity contribution in [3.8, 4) is 17.1 Å². The van der Waals surface area contributed by atoms with E-state index in [4.69, 9.17) is 10.2 Å². The number of primary amides is 1. The van der Waals surface area contributed by atoms with Crippen LogP contribution in [0.3, 0.4) is 0 Å². The fourth-order valence-corrected chi connectivity index (χ4v) is 2.02. The molecular formula is C14H9FN4O4. The van der Waals surface area contributed by atoms with Crippen LogP contribution in [0.4, 0.5) is 10.3 Å². The summed E-state index contributed by atoms with van der Waals surface area (Å²) in [5.74, 6) is -1.64. The fourth-order valence-electron chi connectivity index (χ4n) is 2.02. The number of rotatable bonds is 4. The molecule has 2 N–H and O–H groups in total. The van der Waals surface area contributed by atoms with Crippen LogP contribution < -0.4 is 5.73 Å². The molecule has 1 amide bonds. The number of benzene rings is 1. The van der Waals surface area contributed by atoms with Crippen LogP contribution in [0.1, 0.15) is 10.4 Å². The van der Waals surface area contributed by atoms with Crippen LogP contribution in [0.2, 0.25) is 0 Å². The molecule has 0 aliphatic carbocycles. The fraction of sp³-hybridized carbons (Fsp3) is 0. The van der Waals surface area contributed by atoms with E-state index in [1.54, 1.807) is 0 Å². The summed E-state index contributed by atoms with van der Waals surface area (Å²) in [6, 6.07) is 7.86. The van der Waals surface area contributed by atoms with Crippen molar-refractivity contribution >= 4 is 11.8 Å². The molecule has 0 atom stereocenters. The Labute approximate surface area is 128 Å². The van der Waals surface area contributed by atoms with E-state index in [2.05, 4.69) is 5.10 Å². The lowest BCUT2D eigenvalue weighted by atomic mass is 10.2. The Morgan fingerprint density at radius 3 is 2.52 bits per heavy atom. The molecule has 0 saturated heterocycles. The average Bonchev–Trinajstić information content (AvgIpc) is 3.14. The van der Waals surface area contributed by atoms with Gasteiger partial charge >= 0.3 is 5.88 Å². The van der Waals surface area contributed by atoms with Crippen molar-refractivity contribution in [1.29, 1.82) is 0 Å². The standard InChI is InChI=1S/C14H9FN4O4/c15-8-1-3-9(4-2-8)18-7-10(14(16)20)13(17-18)11-5-6-12(23-11)19(21)22/h1-7H,(H2,16,20). The minimum Gasteiger partial charge on any atom is -0.399 e. The molecule has 0 radical (unpaired) electrons. The summed E-state index contributed by atoms with van der Waals surface area (Å²) in [6.45, 7) is 0. The summed E-state index contributed by atoms with van der Waals surface area (Å²) in [5, 5.41) is 14.8. The van der Waals surface area contributed by atoms with Gasteiger partial charge < -0.3 is 10.2 Å². The van der Waals surface area contributed by atoms with Crippen LogP contribution in [-0.2, 0) is 0 Å². The molecule has 116 valence electrons. The van der Waals surface area contributed by atoms with Gasteiger partial charge in [0, 0.05) is 6.20 Å². The molecule has 9 heteroatoms. The van der Waals surface area contributed by atoms with Gasteiger partial charge in [0.15, 0.2) is 5.76 Å². The zero-order chi connectivity index (χ0) is 16.6. The molecule has 0 saturated carbocycles. The predicted molar refractivity (Wildman–Crippen MR) is 76.4 cm³/mol. The molecule has 8 nitrogen and oxygen atoms in total. The average molecular weight is 316 g/mol. The van der Waals surface area contributed by atoms with Crippen molar-refractivity contribution in [2.75, 3.05) is 0 Å². The van der Waals surface area contributed by atoms with Gasteiger partial charge in [0.1, 0.15) is 16.4 Å². The van der Waals surface area contributed by atoms with Crippen molar-refractivity contribution in [3.63, 3.8) is 0 Å². The molecule has 0 fully saturated rings. The first-order valence-electron chi connectivity index (χ1n) is 6.35. The number of nitrogens with zero attached hydrogens (tertiary/aromatic N) is 3. The highest BCUT2D eigenvalue weighted by Gasteiger charge is 2.21. The van der Waals surface area contributed by atoms with E-state index >= 15 is 0 Å². The Bertz CT molecular complexity index is 898. The molecule has 3 rings (SSSR count). The van der Waals surface area contributed by atoms with Gasteiger partial charge in [-0.3, -0.25) is 14.9 Å². The molecule has 0 spiro atoms. The summed E-state index contributed by atoms with van der Waals surface area (Å²) < 4.78 is 19.3. The number of nitrogens with two attached hydrogens (primary N) is 1. The first kappa shape index (κ1) is 14.4. The molecule has 0 aliphatic heterocycles. The Kier molecular flexibility index (Phi) is 3.37. The molecule has 1 aromatic carbocycles. The summed E-state index contributed by atoms with van der Waals surface area (Å²) in [7, 11) is 0. The number of amides is 1. The minimum absolute atomic E-state index is 0.0265. The van der Waals surface area contributed by atoms with Gasteiger partial charge in [-0.15, -0.1) is 0 Å². The quantitative estimate of drug-likeness (QED) is 0.585. The second-order valence-corrected chi connectivity index (χ2v) is 4.57. The third-order valence-corrected chi connectivity index (χ3v) is 3.08. The number of halogens is 1. The largest absolute Gasteiger partial charge is 0.433 e. The van der Waals surface area contributed by atoms with Gasteiger partial charge in [0.05, 0.1) is 17.3 Å². The highest BCUT2D eigenvalue weighted by molar-refractivity contribution is 5.98. The van der Waals surface area contributed by atoms with Gasteiger partial charge in [0.2, 0.25) is 0 Å². The maximum atomic E-state index is 13.0. The highest BCUT2D eigenvalue weighted by Crippen LogP contribution is 2.28. The summed E-state index contributed by atoms with van der Waals surface area (Å²) in [4.78, 5) is 21.5. The molecule has 3 aromatic rings. The first-order chi connectivity index (χ1) is 11.0. The van der Waals surface area contributed by atoms with Crippen LogP contribution in [0.15, 0.2) is 47.0 Å². The molecule has 0 bridgehead atoms. The lowest BCUT2D eigenvalue weighted by Gasteiger charge is -1.99. The van der Waals surface area contributed by atoms with Crippen LogP contribution in [0, 0.1) is 15.9 Å². The Hall–Kier alpha value is -3.49. The lowest BCUT2D eigenvalue weighted by Crippen LogP contribution is -2.11. The van der Waals surface area contributed by atoms with Gasteiger partial charge in [-0.05, 0) is 30.3 Å². The van der Waals surface area contributed by atoms with Crippen molar-refractivity contribution in [2.24, 2.45) is 5.73 Å². The van der Waals surface area contributed by atoms with Crippen molar-refractivity contribution < 1.29 is 18.5 Å². The normalized spacial score (nSPS) is 10.7. The van der Waals surface area contributed by atoms with E-state index in [9.17, 15) is 19.3 Å². The van der Waals surface area contributed by atoms with Crippen LogP contribution in [0.25, 0.3) is 17.1 Å². The number of carbonyl (C=O) groups excluding carboxylic acids is 1. The Morgan fingerprint density at radius 2 is 1.96 bits per heavy atom. The van der Waals surface area contributed by atoms with Crippen molar-refractivity contribution in [1.82, 2.24) is 9.78 Å². The number of hydrogen-bond donors (Lipinski definition) is 1. The van der Waals surface area contributed by atoms with Crippen LogP contribution in [0.5, 0.6) is 0 Å². The minimum atomic E-state index is -0.771. The molecular weight excluding hydrogens is 307 g/mol. The number of hydrogen-bond acceptors (Lipinski definition) is 5. The number of nitro groups is 1. The Morgan fingerprint density at radius 1 is 1.26 bits per heavy atom. The maximum absolute atomic E-state index is 13.0. The smallest absolute Gasteiger partial charge is 0.399 e. The SMILES string of the molecule is NC(=O)c1cn(-c2ccc(F)cc2)nc1-c1ccc([N+](=O)[O-])o1. The third kappa shape index (κ3) is 2.67. The topological polar surface area (TPSA) is 117 Å². The molecule has 23 heavy (non-hydrogen) atoms. The molecule has 2 heterocycles. The van der Waals surface area contributed by atoms with Crippen LogP contribution >= 0.6 is 0 Å². The van der Waals surface area contributed by atoms with Gasteiger partial charge in [0.25, 0.3) is 5.91 Å². The van der Waals surface area contributed by atoms with E-state index in [0.717, 1.165) is 6.07 Å². The third-order valence-electron chi connectivity index (χ3n) is 3.08. The number of carbonyl (C=O) groups is 1. The predicted octanol–water partition coefficient (Wildman–Crippen LogP) is 2.28. The van der Waals surface area contributed by atoms with E-state index in [1.165, 1.54) is 41.2 Å².